The monoisotopic (exact) mass is 254 g/mol. The maximum atomic E-state index is 11.8. The average Bonchev–Trinajstić information content (AvgIpc) is 2.66. The van der Waals surface area contributed by atoms with Gasteiger partial charge in [-0.05, 0) is 40.9 Å². The van der Waals surface area contributed by atoms with Crippen LogP contribution >= 0.6 is 0 Å². The smallest absolute Gasteiger partial charge is 0.343 e. The van der Waals surface area contributed by atoms with Crippen molar-refractivity contribution in [3.05, 3.63) is 11.3 Å². The van der Waals surface area contributed by atoms with Gasteiger partial charge in [-0.25, -0.2) is 4.79 Å². The van der Waals surface area contributed by atoms with Gasteiger partial charge in [-0.15, -0.1) is 0 Å². The molecule has 0 aliphatic carbocycles. The fourth-order valence-corrected chi connectivity index (χ4v) is 1.61. The van der Waals surface area contributed by atoms with Gasteiger partial charge in [-0.2, -0.15) is 5.10 Å². The Labute approximate surface area is 108 Å². The Balaban J connectivity index is 2.58. The molecule has 1 heterocycles. The molecule has 102 valence electrons. The van der Waals surface area contributed by atoms with E-state index in [0.29, 0.717) is 18.0 Å². The van der Waals surface area contributed by atoms with Gasteiger partial charge in [0.1, 0.15) is 5.56 Å². The van der Waals surface area contributed by atoms with Crippen molar-refractivity contribution >= 4 is 11.8 Å². The second kappa shape index (κ2) is 7.00. The molecule has 0 radical (unpaired) electrons. The molecule has 18 heavy (non-hydrogen) atoms. The van der Waals surface area contributed by atoms with Gasteiger partial charge in [0.15, 0.2) is 5.82 Å². The average molecular weight is 254 g/mol. The summed E-state index contributed by atoms with van der Waals surface area (Å²) in [4.78, 5) is 13.9. The second-order valence-electron chi connectivity index (χ2n) is 4.38. The molecular weight excluding hydrogens is 232 g/mol. The number of rotatable bonds is 7. The highest BCUT2D eigenvalue weighted by Crippen LogP contribution is 2.17. The maximum Gasteiger partial charge on any atom is 0.343 e. The molecule has 0 aromatic carbocycles. The van der Waals surface area contributed by atoms with Crippen LogP contribution < -0.4 is 5.32 Å². The zero-order valence-corrected chi connectivity index (χ0v) is 11.5. The molecule has 0 saturated carbocycles. The van der Waals surface area contributed by atoms with Crippen LogP contribution in [0.5, 0.6) is 0 Å². The van der Waals surface area contributed by atoms with Gasteiger partial charge >= 0.3 is 5.97 Å². The number of nitrogens with zero attached hydrogens (tertiary/aromatic N) is 2. The summed E-state index contributed by atoms with van der Waals surface area (Å²) in [5.74, 6) is 0.239. The van der Waals surface area contributed by atoms with E-state index in [0.717, 1.165) is 25.2 Å². The maximum absolute atomic E-state index is 11.8. The Bertz CT molecular complexity index is 387. The predicted octanol–water partition coefficient (Wildman–Crippen LogP) is 1.26. The van der Waals surface area contributed by atoms with Gasteiger partial charge in [-0.3, -0.25) is 5.10 Å². The lowest BCUT2D eigenvalue weighted by Crippen LogP contribution is -2.17. The van der Waals surface area contributed by atoms with Gasteiger partial charge in [0.2, 0.25) is 0 Å². The molecule has 0 fully saturated rings. The lowest BCUT2D eigenvalue weighted by Gasteiger charge is -2.10. The van der Waals surface area contributed by atoms with Gasteiger partial charge in [-0.1, -0.05) is 0 Å². The minimum Gasteiger partial charge on any atom is -0.462 e. The molecule has 0 aliphatic heterocycles. The van der Waals surface area contributed by atoms with Crippen LogP contribution in [0.15, 0.2) is 0 Å². The first kappa shape index (κ1) is 14.5. The van der Waals surface area contributed by atoms with Crippen LogP contribution in [-0.2, 0) is 4.74 Å². The van der Waals surface area contributed by atoms with Crippen LogP contribution in [0.3, 0.4) is 0 Å². The highest BCUT2D eigenvalue weighted by Gasteiger charge is 2.18. The molecule has 6 heteroatoms. The molecule has 0 saturated heterocycles. The summed E-state index contributed by atoms with van der Waals surface area (Å²) in [5, 5.41) is 10.0. The van der Waals surface area contributed by atoms with Crippen LogP contribution in [0.25, 0.3) is 0 Å². The number of H-pyrrole nitrogens is 1. The number of aryl methyl sites for hydroxylation is 1. The second-order valence-corrected chi connectivity index (χ2v) is 4.38. The zero-order chi connectivity index (χ0) is 13.5. The van der Waals surface area contributed by atoms with Crippen molar-refractivity contribution in [1.29, 1.82) is 0 Å². The fraction of sp³-hybridized carbons (Fsp3) is 0.667. The number of esters is 1. The summed E-state index contributed by atoms with van der Waals surface area (Å²) in [6.45, 7) is 5.73. The van der Waals surface area contributed by atoms with Gasteiger partial charge in [0.25, 0.3) is 0 Å². The summed E-state index contributed by atoms with van der Waals surface area (Å²) < 4.78 is 5.01. The first-order valence-electron chi connectivity index (χ1n) is 6.17. The van der Waals surface area contributed by atoms with Crippen molar-refractivity contribution in [3.63, 3.8) is 0 Å². The van der Waals surface area contributed by atoms with Gasteiger partial charge in [0.05, 0.1) is 6.61 Å². The third-order valence-electron chi connectivity index (χ3n) is 2.50. The Kier molecular flexibility index (Phi) is 5.64. The van der Waals surface area contributed by atoms with E-state index in [2.05, 4.69) is 20.4 Å². The third-order valence-corrected chi connectivity index (χ3v) is 2.50. The van der Waals surface area contributed by atoms with Gasteiger partial charge < -0.3 is 15.0 Å². The molecule has 0 aliphatic rings. The van der Waals surface area contributed by atoms with Crippen molar-refractivity contribution in [1.82, 2.24) is 15.1 Å². The number of nitrogens with one attached hydrogen (secondary N) is 2. The quantitative estimate of drug-likeness (QED) is 0.566. The normalized spacial score (nSPS) is 10.7. The van der Waals surface area contributed by atoms with Crippen molar-refractivity contribution in [2.24, 2.45) is 0 Å². The number of ether oxygens (including phenoxy) is 1. The Morgan fingerprint density at radius 1 is 1.50 bits per heavy atom. The van der Waals surface area contributed by atoms with Crippen LogP contribution in [-0.4, -0.2) is 54.9 Å². The summed E-state index contributed by atoms with van der Waals surface area (Å²) in [6, 6.07) is 0. The molecule has 0 spiro atoms. The molecule has 2 N–H and O–H groups in total. The molecule has 0 unspecified atom stereocenters. The summed E-state index contributed by atoms with van der Waals surface area (Å²) in [5.41, 5.74) is 1.23. The fourth-order valence-electron chi connectivity index (χ4n) is 1.61. The number of hydrogen-bond donors (Lipinski definition) is 2. The van der Waals surface area contributed by atoms with Crippen molar-refractivity contribution in [2.45, 2.75) is 20.3 Å². The van der Waals surface area contributed by atoms with Crippen molar-refractivity contribution in [3.8, 4) is 0 Å². The summed E-state index contributed by atoms with van der Waals surface area (Å²) >= 11 is 0. The highest BCUT2D eigenvalue weighted by molar-refractivity contribution is 5.95. The molecular formula is C12H22N4O2. The van der Waals surface area contributed by atoms with Crippen LogP contribution in [0.4, 0.5) is 5.82 Å². The minimum atomic E-state index is -0.334. The van der Waals surface area contributed by atoms with E-state index in [1.165, 1.54) is 0 Å². The van der Waals surface area contributed by atoms with Crippen LogP contribution in [0.2, 0.25) is 0 Å². The SMILES string of the molecule is CCOC(=O)c1c(NCCCN(C)C)n[nH]c1C. The van der Waals surface area contributed by atoms with Gasteiger partial charge in [0, 0.05) is 12.2 Å². The number of carbonyl (C=O) groups excluding carboxylic acids is 1. The molecule has 6 nitrogen and oxygen atoms in total. The van der Waals surface area contributed by atoms with E-state index in [9.17, 15) is 4.79 Å². The Hall–Kier alpha value is -1.56. The molecule has 0 atom stereocenters. The standard InChI is InChI=1S/C12H22N4O2/c1-5-18-12(17)10-9(2)14-15-11(10)13-7-6-8-16(3)4/h5-8H2,1-4H3,(H2,13,14,15). The van der Waals surface area contributed by atoms with E-state index in [-0.39, 0.29) is 5.97 Å². The van der Waals surface area contributed by atoms with E-state index in [4.69, 9.17) is 4.74 Å². The third kappa shape index (κ3) is 4.03. The number of aromatic amines is 1. The first-order chi connectivity index (χ1) is 8.56. The topological polar surface area (TPSA) is 70.2 Å². The summed E-state index contributed by atoms with van der Waals surface area (Å²) in [6.07, 6.45) is 0.987. The largest absolute Gasteiger partial charge is 0.462 e. The lowest BCUT2D eigenvalue weighted by atomic mass is 10.2. The van der Waals surface area contributed by atoms with E-state index in [1.54, 1.807) is 6.92 Å². The van der Waals surface area contributed by atoms with Crippen molar-refractivity contribution in [2.75, 3.05) is 39.1 Å². The number of carbonyl (C=O) groups is 1. The van der Waals surface area contributed by atoms with E-state index >= 15 is 0 Å². The van der Waals surface area contributed by atoms with Crippen molar-refractivity contribution < 1.29 is 9.53 Å². The number of hydrogen-bond acceptors (Lipinski definition) is 5. The molecule has 1 rings (SSSR count). The first-order valence-corrected chi connectivity index (χ1v) is 6.17. The van der Waals surface area contributed by atoms with E-state index in [1.807, 2.05) is 21.0 Å². The number of anilines is 1. The molecule has 1 aromatic heterocycles. The minimum absolute atomic E-state index is 0.334. The van der Waals surface area contributed by atoms with Crippen LogP contribution in [0, 0.1) is 6.92 Å². The predicted molar refractivity (Wildman–Crippen MR) is 70.9 cm³/mol. The highest BCUT2D eigenvalue weighted by atomic mass is 16.5. The zero-order valence-electron chi connectivity index (χ0n) is 11.5. The molecule has 0 bridgehead atoms. The molecule has 0 amide bonds. The van der Waals surface area contributed by atoms with Crippen LogP contribution in [0.1, 0.15) is 29.4 Å². The summed E-state index contributed by atoms with van der Waals surface area (Å²) in [7, 11) is 4.06. The Morgan fingerprint density at radius 3 is 2.83 bits per heavy atom. The van der Waals surface area contributed by atoms with E-state index < -0.39 is 0 Å². The Morgan fingerprint density at radius 2 is 2.22 bits per heavy atom. The molecule has 1 aromatic rings. The lowest BCUT2D eigenvalue weighted by molar-refractivity contribution is 0.0526. The number of aromatic nitrogens is 2.